The predicted octanol–water partition coefficient (Wildman–Crippen LogP) is 3.98. The average molecular weight is 340 g/mol. The van der Waals surface area contributed by atoms with Gasteiger partial charge >= 0.3 is 0 Å². The number of phenolic OH excluding ortho intramolecular Hbond substituents is 1. The molecular formula is C19H14F2N2O2. The van der Waals surface area contributed by atoms with Gasteiger partial charge in [-0.05, 0) is 48.0 Å². The van der Waals surface area contributed by atoms with Gasteiger partial charge in [-0.2, -0.15) is 5.10 Å². The first-order valence-corrected chi connectivity index (χ1v) is 7.47. The van der Waals surface area contributed by atoms with Gasteiger partial charge in [-0.3, -0.25) is 4.79 Å². The fourth-order valence-corrected chi connectivity index (χ4v) is 2.39. The van der Waals surface area contributed by atoms with E-state index in [0.717, 1.165) is 22.9 Å². The average Bonchev–Trinajstić information content (AvgIpc) is 2.61. The fourth-order valence-electron chi connectivity index (χ4n) is 2.39. The van der Waals surface area contributed by atoms with Crippen LogP contribution in [0.2, 0.25) is 0 Å². The number of rotatable bonds is 3. The number of aromatic hydroxyl groups is 1. The van der Waals surface area contributed by atoms with E-state index in [4.69, 9.17) is 0 Å². The SMILES string of the molecule is CC(=NNC(=O)c1cc2ccccc2cc1O)c1ccc(F)c(F)c1. The molecule has 0 saturated carbocycles. The van der Waals surface area contributed by atoms with Gasteiger partial charge in [0.15, 0.2) is 11.6 Å². The molecule has 25 heavy (non-hydrogen) atoms. The summed E-state index contributed by atoms with van der Waals surface area (Å²) in [5.41, 5.74) is 3.01. The van der Waals surface area contributed by atoms with Crippen molar-refractivity contribution in [2.75, 3.05) is 0 Å². The molecule has 126 valence electrons. The van der Waals surface area contributed by atoms with E-state index in [1.807, 2.05) is 24.3 Å². The highest BCUT2D eigenvalue weighted by atomic mass is 19.2. The Morgan fingerprint density at radius 1 is 1.00 bits per heavy atom. The number of benzene rings is 3. The number of phenols is 1. The van der Waals surface area contributed by atoms with Gasteiger partial charge in [-0.25, -0.2) is 14.2 Å². The first kappa shape index (κ1) is 16.6. The molecule has 0 unspecified atom stereocenters. The molecule has 0 fully saturated rings. The fraction of sp³-hybridized carbons (Fsp3) is 0.0526. The summed E-state index contributed by atoms with van der Waals surface area (Å²) < 4.78 is 26.2. The predicted molar refractivity (Wildman–Crippen MR) is 91.6 cm³/mol. The quantitative estimate of drug-likeness (QED) is 0.560. The van der Waals surface area contributed by atoms with Crippen LogP contribution in [0.5, 0.6) is 5.75 Å². The number of nitrogens with one attached hydrogen (secondary N) is 1. The Bertz CT molecular complexity index is 1000. The third-order valence-corrected chi connectivity index (χ3v) is 3.77. The number of carbonyl (C=O) groups excluding carboxylic acids is 1. The van der Waals surface area contributed by atoms with Gasteiger partial charge in [-0.1, -0.05) is 24.3 Å². The van der Waals surface area contributed by atoms with Crippen molar-refractivity contribution in [1.82, 2.24) is 5.43 Å². The number of nitrogens with zero attached hydrogens (tertiary/aromatic N) is 1. The van der Waals surface area contributed by atoms with Crippen LogP contribution < -0.4 is 5.43 Å². The number of fused-ring (bicyclic) bond motifs is 1. The van der Waals surface area contributed by atoms with Crippen molar-refractivity contribution < 1.29 is 18.7 Å². The minimum absolute atomic E-state index is 0.0699. The van der Waals surface area contributed by atoms with E-state index in [1.165, 1.54) is 12.1 Å². The van der Waals surface area contributed by atoms with Crippen LogP contribution in [0.25, 0.3) is 10.8 Å². The maximum Gasteiger partial charge on any atom is 0.275 e. The zero-order chi connectivity index (χ0) is 18.0. The van der Waals surface area contributed by atoms with Crippen LogP contribution >= 0.6 is 0 Å². The summed E-state index contributed by atoms with van der Waals surface area (Å²) in [6.07, 6.45) is 0. The van der Waals surface area contributed by atoms with Crippen LogP contribution in [-0.4, -0.2) is 16.7 Å². The topological polar surface area (TPSA) is 61.7 Å². The van der Waals surface area contributed by atoms with Crippen molar-refractivity contribution in [2.45, 2.75) is 6.92 Å². The lowest BCUT2D eigenvalue weighted by molar-refractivity contribution is 0.0952. The van der Waals surface area contributed by atoms with Crippen LogP contribution in [0.3, 0.4) is 0 Å². The van der Waals surface area contributed by atoms with Crippen molar-refractivity contribution >= 4 is 22.4 Å². The molecule has 0 aliphatic rings. The highest BCUT2D eigenvalue weighted by molar-refractivity contribution is 6.03. The maximum absolute atomic E-state index is 13.3. The molecule has 6 heteroatoms. The summed E-state index contributed by atoms with van der Waals surface area (Å²) in [6, 6.07) is 13.7. The van der Waals surface area contributed by atoms with Gasteiger partial charge in [0.2, 0.25) is 0 Å². The molecule has 3 rings (SSSR count). The maximum atomic E-state index is 13.3. The summed E-state index contributed by atoms with van der Waals surface area (Å²) in [5.74, 6) is -2.73. The Morgan fingerprint density at radius 3 is 2.36 bits per heavy atom. The number of hydrogen-bond acceptors (Lipinski definition) is 3. The smallest absolute Gasteiger partial charge is 0.275 e. The number of halogens is 2. The van der Waals surface area contributed by atoms with Crippen molar-refractivity contribution in [2.24, 2.45) is 5.10 Å². The minimum Gasteiger partial charge on any atom is -0.507 e. The van der Waals surface area contributed by atoms with E-state index in [1.54, 1.807) is 13.0 Å². The van der Waals surface area contributed by atoms with Gasteiger partial charge in [-0.15, -0.1) is 0 Å². The van der Waals surface area contributed by atoms with Crippen molar-refractivity contribution in [3.05, 3.63) is 77.4 Å². The van der Waals surface area contributed by atoms with Crippen molar-refractivity contribution in [3.63, 3.8) is 0 Å². The number of carbonyl (C=O) groups is 1. The van der Waals surface area contributed by atoms with Gasteiger partial charge in [0.05, 0.1) is 11.3 Å². The zero-order valence-electron chi connectivity index (χ0n) is 13.3. The summed E-state index contributed by atoms with van der Waals surface area (Å²) >= 11 is 0. The molecule has 2 N–H and O–H groups in total. The standard InChI is InChI=1S/C19H14F2N2O2/c1-11(12-6-7-16(20)17(21)9-12)22-23-19(25)15-8-13-4-2-3-5-14(13)10-18(15)24/h2-10,24H,1H3,(H,23,25). The molecule has 0 aromatic heterocycles. The molecule has 0 aliphatic heterocycles. The van der Waals surface area contributed by atoms with E-state index < -0.39 is 17.5 Å². The largest absolute Gasteiger partial charge is 0.507 e. The molecular weight excluding hydrogens is 326 g/mol. The second-order valence-electron chi connectivity index (χ2n) is 5.48. The third-order valence-electron chi connectivity index (χ3n) is 3.77. The highest BCUT2D eigenvalue weighted by Crippen LogP contribution is 2.24. The molecule has 0 spiro atoms. The summed E-state index contributed by atoms with van der Waals surface area (Å²) in [5, 5.41) is 15.5. The van der Waals surface area contributed by atoms with Gasteiger partial charge < -0.3 is 5.11 Å². The molecule has 0 heterocycles. The molecule has 0 atom stereocenters. The zero-order valence-corrected chi connectivity index (χ0v) is 13.3. The van der Waals surface area contributed by atoms with Crippen molar-refractivity contribution in [3.8, 4) is 5.75 Å². The van der Waals surface area contributed by atoms with Gasteiger partial charge in [0.1, 0.15) is 5.75 Å². The van der Waals surface area contributed by atoms with E-state index in [2.05, 4.69) is 10.5 Å². The Labute approximate surface area is 142 Å². The minimum atomic E-state index is -0.995. The molecule has 1 amide bonds. The molecule has 3 aromatic carbocycles. The number of hydrazone groups is 1. The summed E-state index contributed by atoms with van der Waals surface area (Å²) in [6.45, 7) is 1.55. The molecule has 0 saturated heterocycles. The van der Waals surface area contributed by atoms with Crippen LogP contribution in [0.4, 0.5) is 8.78 Å². The van der Waals surface area contributed by atoms with Gasteiger partial charge in [0.25, 0.3) is 5.91 Å². The molecule has 4 nitrogen and oxygen atoms in total. The second kappa shape index (κ2) is 6.68. The number of amides is 1. The van der Waals surface area contributed by atoms with Gasteiger partial charge in [0, 0.05) is 5.56 Å². The first-order chi connectivity index (χ1) is 12.0. The van der Waals surface area contributed by atoms with Crippen LogP contribution in [0.1, 0.15) is 22.8 Å². The Balaban J connectivity index is 1.84. The molecule has 0 aliphatic carbocycles. The lowest BCUT2D eigenvalue weighted by Gasteiger charge is -2.07. The van der Waals surface area contributed by atoms with E-state index >= 15 is 0 Å². The lowest BCUT2D eigenvalue weighted by atomic mass is 10.1. The Kier molecular flexibility index (Phi) is 4.43. The van der Waals surface area contributed by atoms with Crippen LogP contribution in [0.15, 0.2) is 59.7 Å². The first-order valence-electron chi connectivity index (χ1n) is 7.47. The number of hydrogen-bond donors (Lipinski definition) is 2. The van der Waals surface area contributed by atoms with Crippen LogP contribution in [-0.2, 0) is 0 Å². The van der Waals surface area contributed by atoms with E-state index in [9.17, 15) is 18.7 Å². The van der Waals surface area contributed by atoms with E-state index in [-0.39, 0.29) is 11.3 Å². The summed E-state index contributed by atoms with van der Waals surface area (Å²) in [4.78, 5) is 12.3. The Hall–Kier alpha value is -3.28. The normalized spacial score (nSPS) is 11.6. The molecule has 0 radical (unpaired) electrons. The Morgan fingerprint density at radius 2 is 1.68 bits per heavy atom. The third kappa shape index (κ3) is 3.47. The lowest BCUT2D eigenvalue weighted by Crippen LogP contribution is -2.19. The molecule has 3 aromatic rings. The van der Waals surface area contributed by atoms with E-state index in [0.29, 0.717) is 11.3 Å². The molecule has 0 bridgehead atoms. The monoisotopic (exact) mass is 340 g/mol. The highest BCUT2D eigenvalue weighted by Gasteiger charge is 2.12. The van der Waals surface area contributed by atoms with Crippen molar-refractivity contribution in [1.29, 1.82) is 0 Å². The van der Waals surface area contributed by atoms with Crippen LogP contribution in [0, 0.1) is 11.6 Å². The second-order valence-corrected chi connectivity index (χ2v) is 5.48. The summed E-state index contributed by atoms with van der Waals surface area (Å²) in [7, 11) is 0.